The van der Waals surface area contributed by atoms with Crippen molar-refractivity contribution in [2.45, 2.75) is 51.5 Å². The second-order valence-electron chi connectivity index (χ2n) is 10.0. The molecule has 4 aromatic rings. The van der Waals surface area contributed by atoms with Crippen LogP contribution in [-0.2, 0) is 33.9 Å². The maximum atomic E-state index is 14.0. The average Bonchev–Trinajstić information content (AvgIpc) is 3.39. The number of rotatable bonds is 11. The van der Waals surface area contributed by atoms with Crippen molar-refractivity contribution in [1.29, 1.82) is 0 Å². The lowest BCUT2D eigenvalue weighted by atomic mass is 10.00. The van der Waals surface area contributed by atoms with E-state index < -0.39 is 28.8 Å². The van der Waals surface area contributed by atoms with Crippen LogP contribution in [0.1, 0.15) is 50.6 Å². The number of halogens is 1. The highest BCUT2D eigenvalue weighted by atomic mass is 32.2. The number of pyridine rings is 1. The van der Waals surface area contributed by atoms with Crippen LogP contribution in [-0.4, -0.2) is 33.5 Å². The minimum Gasteiger partial charge on any atom is -0.598 e. The number of carbonyl (C=O) groups is 1. The molecule has 0 saturated heterocycles. The predicted molar refractivity (Wildman–Crippen MR) is 150 cm³/mol. The van der Waals surface area contributed by atoms with Gasteiger partial charge < -0.3 is 18.4 Å². The van der Waals surface area contributed by atoms with E-state index in [1.54, 1.807) is 25.5 Å². The van der Waals surface area contributed by atoms with Gasteiger partial charge in [0, 0.05) is 34.1 Å². The number of nitrogens with zero attached hydrogens (tertiary/aromatic N) is 1. The summed E-state index contributed by atoms with van der Waals surface area (Å²) in [6, 6.07) is 16.0. The third-order valence-electron chi connectivity index (χ3n) is 6.03. The van der Waals surface area contributed by atoms with Crippen LogP contribution in [0.25, 0.3) is 22.1 Å². The van der Waals surface area contributed by atoms with Crippen molar-refractivity contribution >= 4 is 28.3 Å². The molecule has 0 saturated carbocycles. The molecule has 7 nitrogen and oxygen atoms in total. The van der Waals surface area contributed by atoms with Crippen molar-refractivity contribution in [3.05, 3.63) is 83.9 Å². The van der Waals surface area contributed by atoms with Gasteiger partial charge in [0.1, 0.15) is 35.4 Å². The Kier molecular flexibility index (Phi) is 9.27. The van der Waals surface area contributed by atoms with Crippen LogP contribution >= 0.6 is 0 Å². The molecule has 0 aliphatic heterocycles. The number of benzene rings is 2. The normalized spacial score (nSPS) is 13.3. The van der Waals surface area contributed by atoms with Crippen LogP contribution in [0, 0.1) is 0 Å². The number of carbonyl (C=O) groups excluding carboxylic acids is 1. The Morgan fingerprint density at radius 1 is 1.18 bits per heavy atom. The number of fused-ring (bicyclic) bond motifs is 1. The van der Waals surface area contributed by atoms with Crippen LogP contribution in [0.15, 0.2) is 71.5 Å². The highest BCUT2D eigenvalue weighted by Crippen LogP contribution is 2.33. The Morgan fingerprint density at radius 3 is 2.72 bits per heavy atom. The molecular formula is C30H33FN2O5S. The molecule has 4 rings (SSSR count). The number of esters is 1. The number of para-hydroxylation sites is 1. The lowest BCUT2D eigenvalue weighted by Gasteiger charge is -2.26. The van der Waals surface area contributed by atoms with Gasteiger partial charge in [-0.15, -0.1) is 4.72 Å². The quantitative estimate of drug-likeness (QED) is 0.174. The van der Waals surface area contributed by atoms with Crippen molar-refractivity contribution in [3.8, 4) is 16.9 Å². The van der Waals surface area contributed by atoms with E-state index >= 15 is 0 Å². The van der Waals surface area contributed by atoms with Crippen molar-refractivity contribution < 1.29 is 27.6 Å². The highest BCUT2D eigenvalue weighted by Gasteiger charge is 2.30. The minimum atomic E-state index is -1.46. The Hall–Kier alpha value is -3.40. The smallest absolute Gasteiger partial charge is 0.310 e. The molecule has 2 atom stereocenters. The summed E-state index contributed by atoms with van der Waals surface area (Å²) in [6.45, 7) is 7.07. The molecule has 0 amide bonds. The van der Waals surface area contributed by atoms with E-state index in [0.29, 0.717) is 23.6 Å². The second-order valence-corrected chi connectivity index (χ2v) is 12.0. The largest absolute Gasteiger partial charge is 0.598 e. The van der Waals surface area contributed by atoms with Crippen LogP contribution in [0.2, 0.25) is 0 Å². The van der Waals surface area contributed by atoms with Gasteiger partial charge in [-0.3, -0.25) is 9.78 Å². The number of hydrogen-bond acceptors (Lipinski definition) is 7. The highest BCUT2D eigenvalue weighted by molar-refractivity contribution is 7.90. The number of alkyl halides is 1. The Balaban J connectivity index is 1.61. The van der Waals surface area contributed by atoms with Gasteiger partial charge in [0.2, 0.25) is 0 Å². The van der Waals surface area contributed by atoms with E-state index in [1.807, 2.05) is 69.3 Å². The number of furan rings is 1. The first kappa shape index (κ1) is 28.6. The van der Waals surface area contributed by atoms with E-state index in [9.17, 15) is 13.7 Å². The van der Waals surface area contributed by atoms with Crippen LogP contribution in [0.4, 0.5) is 4.39 Å². The monoisotopic (exact) mass is 552 g/mol. The molecule has 0 aliphatic rings. The van der Waals surface area contributed by atoms with E-state index in [1.165, 1.54) is 0 Å². The second kappa shape index (κ2) is 12.6. The molecule has 0 spiro atoms. The van der Waals surface area contributed by atoms with Gasteiger partial charge in [-0.1, -0.05) is 18.2 Å². The fraction of sp³-hybridized carbons (Fsp3) is 0.333. The summed E-state index contributed by atoms with van der Waals surface area (Å²) in [6.07, 6.45) is 3.35. The lowest BCUT2D eigenvalue weighted by Crippen LogP contribution is -2.42. The molecule has 0 bridgehead atoms. The summed E-state index contributed by atoms with van der Waals surface area (Å²) in [4.78, 5) is 16.4. The molecule has 9 heteroatoms. The third kappa shape index (κ3) is 7.17. The van der Waals surface area contributed by atoms with Crippen LogP contribution in [0.3, 0.4) is 0 Å². The summed E-state index contributed by atoms with van der Waals surface area (Å²) in [5, 5.41) is 0.887. The standard InChI is InChI=1S/C30H33FN2O5S/c1-5-36-28(34)17-22-8-6-7-9-27(22)38-19-20-14-23-11-13-37-29(23)24(15-20)21-10-12-32-25(16-21)26(18-31)33-39(35)30(2,3)4/h6-16,26,33H,5,17-19H2,1-4H3/t26-,39?/m1/s1. The van der Waals surface area contributed by atoms with Crippen LogP contribution in [0.5, 0.6) is 5.75 Å². The third-order valence-corrected chi connectivity index (χ3v) is 7.64. The predicted octanol–water partition coefficient (Wildman–Crippen LogP) is 6.24. The summed E-state index contributed by atoms with van der Waals surface area (Å²) in [5.74, 6) is 0.297. The summed E-state index contributed by atoms with van der Waals surface area (Å²) in [5.41, 5.74) is 4.35. The summed E-state index contributed by atoms with van der Waals surface area (Å²) < 4.78 is 45.9. The first-order valence-corrected chi connectivity index (χ1v) is 13.9. The van der Waals surface area contributed by atoms with Crippen molar-refractivity contribution in [3.63, 3.8) is 0 Å². The maximum Gasteiger partial charge on any atom is 0.310 e. The Labute approximate surface area is 231 Å². The fourth-order valence-corrected chi connectivity index (χ4v) is 4.84. The van der Waals surface area contributed by atoms with Gasteiger partial charge in [-0.05, 0) is 75.2 Å². The first-order valence-electron chi connectivity index (χ1n) is 12.8. The van der Waals surface area contributed by atoms with Crippen LogP contribution < -0.4 is 9.46 Å². The van der Waals surface area contributed by atoms with Gasteiger partial charge in [0.25, 0.3) is 0 Å². The maximum absolute atomic E-state index is 14.0. The molecule has 39 heavy (non-hydrogen) atoms. The number of ether oxygens (including phenoxy) is 2. The average molecular weight is 553 g/mol. The van der Waals surface area contributed by atoms with Crippen molar-refractivity contribution in [2.75, 3.05) is 13.3 Å². The molecule has 1 N–H and O–H groups in total. The van der Waals surface area contributed by atoms with Gasteiger partial charge >= 0.3 is 5.97 Å². The van der Waals surface area contributed by atoms with Crippen molar-refractivity contribution in [1.82, 2.24) is 9.71 Å². The SMILES string of the molecule is CCOC(=O)Cc1ccccc1OCc1cc(-c2ccnc([C@@H](CF)N[S+]([O-])C(C)(C)C)c2)c2occc2c1. The van der Waals surface area contributed by atoms with Crippen molar-refractivity contribution in [2.24, 2.45) is 0 Å². The Bertz CT molecular complexity index is 1420. The van der Waals surface area contributed by atoms with Gasteiger partial charge in [0.05, 0.1) is 25.0 Å². The van der Waals surface area contributed by atoms with E-state index in [4.69, 9.17) is 13.9 Å². The zero-order valence-electron chi connectivity index (χ0n) is 22.5. The van der Waals surface area contributed by atoms with E-state index in [0.717, 1.165) is 27.6 Å². The molecule has 2 aromatic carbocycles. The molecule has 0 radical (unpaired) electrons. The van der Waals surface area contributed by atoms with E-state index in [2.05, 4.69) is 9.71 Å². The minimum absolute atomic E-state index is 0.125. The molecule has 2 aromatic heterocycles. The van der Waals surface area contributed by atoms with Gasteiger partial charge in [-0.25, -0.2) is 4.39 Å². The van der Waals surface area contributed by atoms with Gasteiger partial charge in [0.15, 0.2) is 0 Å². The number of aromatic nitrogens is 1. The fourth-order valence-electron chi connectivity index (χ4n) is 4.04. The van der Waals surface area contributed by atoms with Gasteiger partial charge in [-0.2, -0.15) is 0 Å². The summed E-state index contributed by atoms with van der Waals surface area (Å²) >= 11 is -1.46. The van der Waals surface area contributed by atoms with E-state index in [-0.39, 0.29) is 19.0 Å². The Morgan fingerprint density at radius 2 is 1.97 bits per heavy atom. The zero-order valence-corrected chi connectivity index (χ0v) is 23.3. The number of hydrogen-bond donors (Lipinski definition) is 1. The molecule has 0 aliphatic carbocycles. The molecule has 206 valence electrons. The zero-order chi connectivity index (χ0) is 28.0. The summed E-state index contributed by atoms with van der Waals surface area (Å²) in [7, 11) is 0. The topological polar surface area (TPSA) is 96.7 Å². The first-order chi connectivity index (χ1) is 18.7. The molecular weight excluding hydrogens is 519 g/mol. The molecule has 0 fully saturated rings. The lowest BCUT2D eigenvalue weighted by molar-refractivity contribution is -0.142. The molecule has 1 unspecified atom stereocenters. The number of nitrogens with one attached hydrogen (secondary N) is 1. The molecule has 2 heterocycles.